The molecule has 0 saturated carbocycles. The number of nitrogens with one attached hydrogen (secondary N) is 2. The molecule has 0 aromatic heterocycles. The fourth-order valence-corrected chi connectivity index (χ4v) is 1.89. The molecule has 9 nitrogen and oxygen atoms in total. The molecule has 0 saturated heterocycles. The van der Waals surface area contributed by atoms with Gasteiger partial charge in [-0.25, -0.2) is 9.90 Å². The first-order valence-electron chi connectivity index (χ1n) is 6.53. The van der Waals surface area contributed by atoms with Crippen LogP contribution in [0.2, 0.25) is 0 Å². The maximum absolute atomic E-state index is 12.2. The van der Waals surface area contributed by atoms with Gasteiger partial charge < -0.3 is 4.74 Å². The Labute approximate surface area is 130 Å². The Bertz CT molecular complexity index is 748. The second-order valence-electron chi connectivity index (χ2n) is 4.43. The number of hydrazone groups is 1. The van der Waals surface area contributed by atoms with E-state index < -0.39 is 11.0 Å². The minimum atomic E-state index is -0.702. The molecule has 0 spiro atoms. The number of anilines is 1. The van der Waals surface area contributed by atoms with Crippen LogP contribution in [0.15, 0.2) is 54.6 Å². The third-order valence-corrected chi connectivity index (χ3v) is 2.95. The predicted octanol–water partition coefficient (Wildman–Crippen LogP) is 0.236. The fourth-order valence-electron chi connectivity index (χ4n) is 1.89. The van der Waals surface area contributed by atoms with E-state index in [0.717, 1.165) is 5.12 Å². The summed E-state index contributed by atoms with van der Waals surface area (Å²) in [7, 11) is 0. The van der Waals surface area contributed by atoms with Crippen LogP contribution >= 0.6 is 0 Å². The van der Waals surface area contributed by atoms with Crippen LogP contribution in [-0.2, 0) is 0 Å². The number of amides is 1. The largest absolute Gasteiger partial charge is 0.471 e. The van der Waals surface area contributed by atoms with Crippen molar-refractivity contribution >= 4 is 23.8 Å². The van der Waals surface area contributed by atoms with Crippen molar-refractivity contribution in [2.75, 3.05) is 5.01 Å². The van der Waals surface area contributed by atoms with Gasteiger partial charge in [0.25, 0.3) is 5.69 Å². The Balaban J connectivity index is 1.75. The van der Waals surface area contributed by atoms with Crippen LogP contribution in [0.25, 0.3) is 0 Å². The number of hydrogen-bond acceptors (Lipinski definition) is 6. The Morgan fingerprint density at radius 1 is 1.17 bits per heavy atom. The normalized spacial score (nSPS) is 12.9. The SMILES string of the molecule is O=C(Oc1ccccc1)N1N[NH+]=[C-]N1c1ccc([N+](=O)[O-])cc1. The van der Waals surface area contributed by atoms with Gasteiger partial charge in [0.15, 0.2) is 6.34 Å². The molecule has 0 fully saturated rings. The second-order valence-corrected chi connectivity index (χ2v) is 4.43. The summed E-state index contributed by atoms with van der Waals surface area (Å²) >= 11 is 0. The van der Waals surface area contributed by atoms with Gasteiger partial charge in [0.1, 0.15) is 5.75 Å². The van der Waals surface area contributed by atoms with Gasteiger partial charge in [-0.3, -0.25) is 15.1 Å². The standard InChI is InChI=1S/C14H11N5O4/c20-14(23-13-4-2-1-3-5-13)18-16-15-10-17(18)11-6-8-12(9-7-11)19(21)22/h1-9,15-16H. The molecule has 2 N–H and O–H groups in total. The van der Waals surface area contributed by atoms with Crippen molar-refractivity contribution in [3.63, 3.8) is 0 Å². The van der Waals surface area contributed by atoms with E-state index in [4.69, 9.17) is 4.74 Å². The Morgan fingerprint density at radius 3 is 2.52 bits per heavy atom. The molecule has 1 heterocycles. The molecule has 0 radical (unpaired) electrons. The van der Waals surface area contributed by atoms with Crippen molar-refractivity contribution in [3.8, 4) is 5.75 Å². The summed E-state index contributed by atoms with van der Waals surface area (Å²) in [5, 5.41) is 15.6. The number of benzene rings is 2. The van der Waals surface area contributed by atoms with Crippen LogP contribution in [0.3, 0.4) is 0 Å². The summed E-state index contributed by atoms with van der Waals surface area (Å²) in [6, 6.07) is 14.2. The number of hydrazine groups is 3. The molecule has 1 aliphatic heterocycles. The lowest BCUT2D eigenvalue weighted by Gasteiger charge is -2.25. The number of rotatable bonds is 3. The summed E-state index contributed by atoms with van der Waals surface area (Å²) in [5.41, 5.74) is 2.99. The zero-order valence-corrected chi connectivity index (χ0v) is 11.7. The second kappa shape index (κ2) is 6.02. The maximum atomic E-state index is 12.2. The minimum absolute atomic E-state index is 0.0488. The first-order chi connectivity index (χ1) is 11.1. The molecule has 1 amide bonds. The summed E-state index contributed by atoms with van der Waals surface area (Å²) < 4.78 is 5.21. The van der Waals surface area contributed by atoms with Crippen molar-refractivity contribution in [1.29, 1.82) is 0 Å². The van der Waals surface area contributed by atoms with E-state index in [0.29, 0.717) is 11.4 Å². The zero-order valence-electron chi connectivity index (χ0n) is 11.7. The third-order valence-electron chi connectivity index (χ3n) is 2.95. The van der Waals surface area contributed by atoms with Crippen LogP contribution in [0.1, 0.15) is 0 Å². The highest BCUT2D eigenvalue weighted by molar-refractivity contribution is 5.83. The fraction of sp³-hybridized carbons (Fsp3) is 0. The minimum Gasteiger partial charge on any atom is -0.407 e. The molecule has 0 atom stereocenters. The predicted molar refractivity (Wildman–Crippen MR) is 79.0 cm³/mol. The number of non-ortho nitro benzene ring substituents is 1. The molecule has 23 heavy (non-hydrogen) atoms. The van der Waals surface area contributed by atoms with Crippen LogP contribution in [0.5, 0.6) is 5.75 Å². The molecule has 3 rings (SSSR count). The van der Waals surface area contributed by atoms with Crippen molar-refractivity contribution in [3.05, 3.63) is 64.7 Å². The molecule has 0 aliphatic carbocycles. The lowest BCUT2D eigenvalue weighted by molar-refractivity contribution is -0.538. The van der Waals surface area contributed by atoms with Gasteiger partial charge in [0, 0.05) is 17.8 Å². The lowest BCUT2D eigenvalue weighted by Crippen LogP contribution is -2.79. The summed E-state index contributed by atoms with van der Waals surface area (Å²) in [6.45, 7) is 0. The molecule has 0 bridgehead atoms. The van der Waals surface area contributed by atoms with Crippen molar-refractivity contribution in [1.82, 2.24) is 10.7 Å². The van der Waals surface area contributed by atoms with E-state index in [2.05, 4.69) is 17.0 Å². The highest BCUT2D eigenvalue weighted by Crippen LogP contribution is 2.20. The maximum Gasteiger partial charge on any atom is 0.471 e. The highest BCUT2D eigenvalue weighted by atomic mass is 16.6. The number of nitro benzene ring substituents is 1. The summed E-state index contributed by atoms with van der Waals surface area (Å²) in [6.07, 6.45) is 1.96. The number of carbonyl (C=O) groups excluding carboxylic acids is 1. The third kappa shape index (κ3) is 3.02. The molecule has 9 heteroatoms. The van der Waals surface area contributed by atoms with Gasteiger partial charge in [0.05, 0.1) is 4.92 Å². The van der Waals surface area contributed by atoms with Gasteiger partial charge in [-0.2, -0.15) is 0 Å². The average Bonchev–Trinajstić information content (AvgIpc) is 3.05. The van der Waals surface area contributed by atoms with Gasteiger partial charge >= 0.3 is 6.09 Å². The highest BCUT2D eigenvalue weighted by Gasteiger charge is 2.27. The quantitative estimate of drug-likeness (QED) is 0.478. The zero-order chi connectivity index (χ0) is 16.2. The van der Waals surface area contributed by atoms with Gasteiger partial charge in [0.2, 0.25) is 0 Å². The van der Waals surface area contributed by atoms with Crippen molar-refractivity contribution in [2.45, 2.75) is 0 Å². The molecule has 116 valence electrons. The van der Waals surface area contributed by atoms with E-state index in [1.165, 1.54) is 29.3 Å². The van der Waals surface area contributed by atoms with Crippen LogP contribution in [-0.4, -0.2) is 22.5 Å². The van der Waals surface area contributed by atoms with Crippen LogP contribution < -0.4 is 20.4 Å². The molecule has 1 aliphatic rings. The molecule has 2 aromatic rings. The van der Waals surface area contributed by atoms with Crippen LogP contribution in [0.4, 0.5) is 16.2 Å². The first kappa shape index (κ1) is 14.3. The Hall–Kier alpha value is -3.62. The number of carbonyl (C=O) groups is 1. The first-order valence-corrected chi connectivity index (χ1v) is 6.53. The topological polar surface area (TPSA) is 102 Å². The van der Waals surface area contributed by atoms with E-state index in [-0.39, 0.29) is 5.69 Å². The number of nitrogens with zero attached hydrogens (tertiary/aromatic N) is 3. The Morgan fingerprint density at radius 2 is 1.87 bits per heavy atom. The molecular formula is C14H11N5O4. The van der Waals surface area contributed by atoms with E-state index in [1.807, 2.05) is 0 Å². The van der Waals surface area contributed by atoms with E-state index >= 15 is 0 Å². The Kier molecular flexibility index (Phi) is 3.75. The van der Waals surface area contributed by atoms with E-state index in [1.54, 1.807) is 30.3 Å². The molecule has 0 unspecified atom stereocenters. The van der Waals surface area contributed by atoms with Gasteiger partial charge in [-0.15, -0.1) is 5.53 Å². The summed E-state index contributed by atoms with van der Waals surface area (Å²) in [4.78, 5) is 22.4. The average molecular weight is 313 g/mol. The number of hydrogen-bond donors (Lipinski definition) is 2. The van der Waals surface area contributed by atoms with E-state index in [9.17, 15) is 14.9 Å². The smallest absolute Gasteiger partial charge is 0.407 e. The lowest BCUT2D eigenvalue weighted by atomic mass is 10.3. The monoisotopic (exact) mass is 313 g/mol. The van der Waals surface area contributed by atoms with Crippen LogP contribution in [0, 0.1) is 10.1 Å². The number of ether oxygens (including phenoxy) is 1. The summed E-state index contributed by atoms with van der Waals surface area (Å²) in [5.74, 6) is 0.384. The van der Waals surface area contributed by atoms with Crippen molar-refractivity contribution < 1.29 is 19.6 Å². The number of para-hydroxylation sites is 1. The van der Waals surface area contributed by atoms with Gasteiger partial charge in [-0.1, -0.05) is 30.3 Å². The number of nitro groups is 1. The van der Waals surface area contributed by atoms with Crippen molar-refractivity contribution in [2.24, 2.45) is 0 Å². The molecule has 2 aromatic carbocycles. The molecular weight excluding hydrogens is 302 g/mol. The van der Waals surface area contributed by atoms with Gasteiger partial charge in [-0.05, 0) is 17.3 Å².